The van der Waals surface area contributed by atoms with E-state index >= 15 is 0 Å². The number of rotatable bonds is 8. The molecule has 0 heterocycles. The van der Waals surface area contributed by atoms with Crippen molar-refractivity contribution in [1.29, 1.82) is 0 Å². The van der Waals surface area contributed by atoms with Crippen molar-refractivity contribution in [1.82, 2.24) is 4.90 Å². The summed E-state index contributed by atoms with van der Waals surface area (Å²) in [5.41, 5.74) is 7.23. The van der Waals surface area contributed by atoms with Gasteiger partial charge in [-0.3, -0.25) is 4.90 Å². The maximum absolute atomic E-state index is 5.96. The third kappa shape index (κ3) is 4.84. The summed E-state index contributed by atoms with van der Waals surface area (Å²) < 4.78 is 5.67. The summed E-state index contributed by atoms with van der Waals surface area (Å²) in [5, 5.41) is 0. The van der Waals surface area contributed by atoms with Crippen molar-refractivity contribution in [2.45, 2.75) is 46.3 Å². The molecule has 1 atom stereocenters. The molecule has 0 radical (unpaired) electrons. The fraction of sp³-hybridized carbons (Fsp3) is 0.625. The first-order chi connectivity index (χ1) is 9.12. The molecule has 0 aromatic heterocycles. The zero-order chi connectivity index (χ0) is 14.3. The molecule has 19 heavy (non-hydrogen) atoms. The monoisotopic (exact) mass is 264 g/mol. The number of nitrogens with two attached hydrogens (primary N) is 1. The minimum absolute atomic E-state index is 0.211. The molecule has 0 spiro atoms. The van der Waals surface area contributed by atoms with E-state index in [1.54, 1.807) is 0 Å². The summed E-state index contributed by atoms with van der Waals surface area (Å²) in [5.74, 6) is 0.924. The van der Waals surface area contributed by atoms with E-state index in [1.807, 2.05) is 26.0 Å². The highest BCUT2D eigenvalue weighted by atomic mass is 16.5. The average molecular weight is 264 g/mol. The second-order valence-electron chi connectivity index (χ2n) is 5.12. The van der Waals surface area contributed by atoms with Crippen LogP contribution in [0.3, 0.4) is 0 Å². The third-order valence-corrected chi connectivity index (χ3v) is 3.22. The number of hydrogen-bond donors (Lipinski definition) is 1. The summed E-state index contributed by atoms with van der Waals surface area (Å²) in [6.07, 6.45) is 1.36. The van der Waals surface area contributed by atoms with Crippen LogP contribution in [-0.2, 0) is 0 Å². The van der Waals surface area contributed by atoms with Crippen LogP contribution in [0.2, 0.25) is 0 Å². The Labute approximate surface area is 117 Å². The van der Waals surface area contributed by atoms with Crippen LogP contribution in [0.4, 0.5) is 0 Å². The Hall–Kier alpha value is -1.06. The Kier molecular flexibility index (Phi) is 6.89. The Morgan fingerprint density at radius 2 is 1.79 bits per heavy atom. The van der Waals surface area contributed by atoms with Gasteiger partial charge in [-0.15, -0.1) is 0 Å². The molecule has 0 aliphatic heterocycles. The maximum Gasteiger partial charge on any atom is 0.119 e. The minimum atomic E-state index is 0.211. The summed E-state index contributed by atoms with van der Waals surface area (Å²) in [6.45, 7) is 11.2. The average Bonchev–Trinajstić information content (AvgIpc) is 2.39. The van der Waals surface area contributed by atoms with Crippen molar-refractivity contribution in [2.75, 3.05) is 19.6 Å². The van der Waals surface area contributed by atoms with Gasteiger partial charge in [-0.2, -0.15) is 0 Å². The van der Waals surface area contributed by atoms with Crippen LogP contribution in [0.5, 0.6) is 5.75 Å². The van der Waals surface area contributed by atoms with Crippen LogP contribution in [0, 0.1) is 0 Å². The van der Waals surface area contributed by atoms with Gasteiger partial charge in [0, 0.05) is 12.6 Å². The van der Waals surface area contributed by atoms with Crippen LogP contribution in [0.15, 0.2) is 24.3 Å². The van der Waals surface area contributed by atoms with Crippen molar-refractivity contribution in [3.63, 3.8) is 0 Å². The summed E-state index contributed by atoms with van der Waals surface area (Å²) in [4.78, 5) is 2.43. The number of nitrogens with zero attached hydrogens (tertiary/aromatic N) is 1. The Balaban J connectivity index is 2.80. The maximum atomic E-state index is 5.96. The Bertz CT molecular complexity index is 348. The molecule has 0 bridgehead atoms. The molecule has 0 saturated heterocycles. The van der Waals surface area contributed by atoms with E-state index in [4.69, 9.17) is 10.5 Å². The highest BCUT2D eigenvalue weighted by Gasteiger charge is 2.16. The topological polar surface area (TPSA) is 38.5 Å². The van der Waals surface area contributed by atoms with Gasteiger partial charge in [-0.25, -0.2) is 0 Å². The predicted octanol–water partition coefficient (Wildman–Crippen LogP) is 3.21. The number of hydrogen-bond acceptors (Lipinski definition) is 3. The molecule has 0 fully saturated rings. The molecule has 0 saturated carbocycles. The van der Waals surface area contributed by atoms with Crippen molar-refractivity contribution in [3.05, 3.63) is 29.8 Å². The van der Waals surface area contributed by atoms with Gasteiger partial charge in [0.1, 0.15) is 5.75 Å². The normalized spacial score (nSPS) is 13.0. The summed E-state index contributed by atoms with van der Waals surface area (Å²) in [6, 6.07) is 8.65. The fourth-order valence-electron chi connectivity index (χ4n) is 2.36. The van der Waals surface area contributed by atoms with Gasteiger partial charge in [0.15, 0.2) is 0 Å². The fourth-order valence-corrected chi connectivity index (χ4v) is 2.36. The van der Waals surface area contributed by atoms with Crippen LogP contribution in [0.25, 0.3) is 0 Å². The molecular formula is C16H28N2O. The van der Waals surface area contributed by atoms with Gasteiger partial charge in [0.05, 0.1) is 6.10 Å². The second kappa shape index (κ2) is 8.18. The molecular weight excluding hydrogens is 236 g/mol. The molecule has 3 heteroatoms. The zero-order valence-electron chi connectivity index (χ0n) is 12.7. The Morgan fingerprint density at radius 1 is 1.16 bits per heavy atom. The highest BCUT2D eigenvalue weighted by molar-refractivity contribution is 5.29. The van der Waals surface area contributed by atoms with Gasteiger partial charge in [-0.1, -0.05) is 26.0 Å². The lowest BCUT2D eigenvalue weighted by Crippen LogP contribution is -2.34. The summed E-state index contributed by atoms with van der Waals surface area (Å²) in [7, 11) is 0. The molecule has 0 amide bonds. The number of likely N-dealkylation sites (N-methyl/N-ethyl adjacent to an activating group) is 1. The highest BCUT2D eigenvalue weighted by Crippen LogP contribution is 2.23. The van der Waals surface area contributed by atoms with Crippen molar-refractivity contribution in [2.24, 2.45) is 5.73 Å². The van der Waals surface area contributed by atoms with Crippen molar-refractivity contribution in [3.8, 4) is 5.75 Å². The molecule has 1 unspecified atom stereocenters. The SMILES string of the molecule is CCCN(CC)C(CN)c1ccc(OC(C)C)cc1. The molecule has 2 N–H and O–H groups in total. The van der Waals surface area contributed by atoms with Crippen LogP contribution >= 0.6 is 0 Å². The van der Waals surface area contributed by atoms with Gasteiger partial charge in [-0.05, 0) is 51.1 Å². The second-order valence-corrected chi connectivity index (χ2v) is 5.12. The van der Waals surface area contributed by atoms with Crippen LogP contribution in [0.1, 0.15) is 45.7 Å². The van der Waals surface area contributed by atoms with E-state index in [2.05, 4.69) is 30.9 Å². The van der Waals surface area contributed by atoms with Crippen LogP contribution in [-0.4, -0.2) is 30.6 Å². The summed E-state index contributed by atoms with van der Waals surface area (Å²) >= 11 is 0. The lowest BCUT2D eigenvalue weighted by molar-refractivity contribution is 0.212. The van der Waals surface area contributed by atoms with Crippen molar-refractivity contribution >= 4 is 0 Å². The molecule has 1 rings (SSSR count). The van der Waals surface area contributed by atoms with E-state index in [1.165, 1.54) is 5.56 Å². The van der Waals surface area contributed by atoms with E-state index in [-0.39, 0.29) is 6.10 Å². The standard InChI is InChI=1S/C16H28N2O/c1-5-11-18(6-2)16(12-17)14-7-9-15(10-8-14)19-13(3)4/h7-10,13,16H,5-6,11-12,17H2,1-4H3. The van der Waals surface area contributed by atoms with Gasteiger partial charge >= 0.3 is 0 Å². The molecule has 3 nitrogen and oxygen atoms in total. The molecule has 108 valence electrons. The predicted molar refractivity (Wildman–Crippen MR) is 81.5 cm³/mol. The van der Waals surface area contributed by atoms with Crippen molar-refractivity contribution < 1.29 is 4.74 Å². The quantitative estimate of drug-likeness (QED) is 0.783. The molecule has 0 aliphatic carbocycles. The first kappa shape index (κ1) is 16.0. The number of ether oxygens (including phenoxy) is 1. The first-order valence-corrected chi connectivity index (χ1v) is 7.33. The van der Waals surface area contributed by atoms with E-state index in [0.29, 0.717) is 12.6 Å². The third-order valence-electron chi connectivity index (χ3n) is 3.22. The number of benzene rings is 1. The van der Waals surface area contributed by atoms with E-state index in [9.17, 15) is 0 Å². The van der Waals surface area contributed by atoms with Gasteiger partial charge < -0.3 is 10.5 Å². The largest absolute Gasteiger partial charge is 0.491 e. The Morgan fingerprint density at radius 3 is 2.21 bits per heavy atom. The minimum Gasteiger partial charge on any atom is -0.491 e. The van der Waals surface area contributed by atoms with E-state index < -0.39 is 0 Å². The zero-order valence-corrected chi connectivity index (χ0v) is 12.7. The first-order valence-electron chi connectivity index (χ1n) is 7.33. The van der Waals surface area contributed by atoms with E-state index in [0.717, 1.165) is 25.3 Å². The smallest absolute Gasteiger partial charge is 0.119 e. The van der Waals surface area contributed by atoms with Gasteiger partial charge in [0.25, 0.3) is 0 Å². The van der Waals surface area contributed by atoms with Crippen LogP contribution < -0.4 is 10.5 Å². The molecule has 1 aromatic carbocycles. The lowest BCUT2D eigenvalue weighted by atomic mass is 10.0. The lowest BCUT2D eigenvalue weighted by Gasteiger charge is -2.30. The molecule has 0 aliphatic rings. The molecule has 1 aromatic rings. The van der Waals surface area contributed by atoms with Gasteiger partial charge in [0.2, 0.25) is 0 Å².